The van der Waals surface area contributed by atoms with Crippen molar-refractivity contribution in [3.8, 4) is 0 Å². The Hall–Kier alpha value is -2.48. The highest BCUT2D eigenvalue weighted by molar-refractivity contribution is 6.43. The highest BCUT2D eigenvalue weighted by Gasteiger charge is 2.13. The summed E-state index contributed by atoms with van der Waals surface area (Å²) < 4.78 is 0. The molecule has 0 aliphatic rings. The molecule has 0 bridgehead atoms. The van der Waals surface area contributed by atoms with Crippen LogP contribution in [0.15, 0.2) is 64.6 Å². The van der Waals surface area contributed by atoms with Crippen molar-refractivity contribution in [3.05, 3.63) is 71.3 Å². The number of benzene rings is 2. The Kier molecular flexibility index (Phi) is 28.1. The molecule has 0 fully saturated rings. The Morgan fingerprint density at radius 2 is 0.942 bits per heavy atom. The van der Waals surface area contributed by atoms with Gasteiger partial charge in [0.15, 0.2) is 0 Å². The highest BCUT2D eigenvalue weighted by atomic mass is 14.8. The molecular weight excluding hydrogens is 629 g/mol. The zero-order chi connectivity index (χ0) is 37.3. The van der Waals surface area contributed by atoms with Crippen LogP contribution in [0.1, 0.15) is 218 Å². The van der Waals surface area contributed by atoms with E-state index < -0.39 is 0 Å². The molecule has 2 aromatic carbocycles. The SMILES string of the molecule is CCCCCCCCCCCCCC=CCCCc1ccccc1N=C(CCCCCCCC)C(CCCC)=Nc1ccc(CCC)c(CCC)c1. The summed E-state index contributed by atoms with van der Waals surface area (Å²) >= 11 is 0. The molecule has 0 amide bonds. The maximum Gasteiger partial charge on any atom is 0.0665 e. The Labute approximate surface area is 323 Å². The highest BCUT2D eigenvalue weighted by Crippen LogP contribution is 2.26. The van der Waals surface area contributed by atoms with Gasteiger partial charge in [-0.05, 0) is 106 Å². The summed E-state index contributed by atoms with van der Waals surface area (Å²) in [5.41, 5.74) is 9.05. The largest absolute Gasteiger partial charge is 0.252 e. The fourth-order valence-corrected chi connectivity index (χ4v) is 7.35. The quantitative estimate of drug-likeness (QED) is 0.0400. The van der Waals surface area contributed by atoms with Crippen molar-refractivity contribution < 1.29 is 0 Å². The Morgan fingerprint density at radius 1 is 0.423 bits per heavy atom. The number of rotatable bonds is 33. The number of nitrogens with zero attached hydrogens (tertiary/aromatic N) is 2. The van der Waals surface area contributed by atoms with E-state index in [1.807, 2.05) is 0 Å². The molecule has 0 aliphatic carbocycles. The topological polar surface area (TPSA) is 24.7 Å². The number of allylic oxidation sites excluding steroid dienone is 2. The lowest BCUT2D eigenvalue weighted by Crippen LogP contribution is -2.14. The fourth-order valence-electron chi connectivity index (χ4n) is 7.35. The van der Waals surface area contributed by atoms with Crippen LogP contribution in [0, 0.1) is 0 Å². The number of aliphatic imine (C=N–C) groups is 2. The van der Waals surface area contributed by atoms with E-state index in [2.05, 4.69) is 89.2 Å². The summed E-state index contributed by atoms with van der Waals surface area (Å²) in [6.45, 7) is 11.5. The molecule has 0 atom stereocenters. The lowest BCUT2D eigenvalue weighted by molar-refractivity contribution is 0.550. The first-order chi connectivity index (χ1) is 25.7. The van der Waals surface area contributed by atoms with Gasteiger partial charge in [0.05, 0.1) is 22.8 Å². The summed E-state index contributed by atoms with van der Waals surface area (Å²) in [5.74, 6) is 0. The average molecular weight is 711 g/mol. The molecular formula is C50H82N2. The summed E-state index contributed by atoms with van der Waals surface area (Å²) in [4.78, 5) is 10.9. The van der Waals surface area contributed by atoms with Gasteiger partial charge in [-0.15, -0.1) is 0 Å². The second kappa shape index (κ2) is 32.0. The van der Waals surface area contributed by atoms with E-state index in [1.54, 1.807) is 0 Å². The molecule has 52 heavy (non-hydrogen) atoms. The monoisotopic (exact) mass is 711 g/mol. The van der Waals surface area contributed by atoms with E-state index in [9.17, 15) is 0 Å². The summed E-state index contributed by atoms with van der Waals surface area (Å²) in [7, 11) is 0. The average Bonchev–Trinajstić information content (AvgIpc) is 3.15. The summed E-state index contributed by atoms with van der Waals surface area (Å²) in [6, 6.07) is 15.9. The second-order valence-corrected chi connectivity index (χ2v) is 15.5. The third-order valence-electron chi connectivity index (χ3n) is 10.6. The van der Waals surface area contributed by atoms with Crippen LogP contribution in [0.3, 0.4) is 0 Å². The molecule has 0 aliphatic heterocycles. The van der Waals surface area contributed by atoms with Crippen molar-refractivity contribution in [2.75, 3.05) is 0 Å². The van der Waals surface area contributed by atoms with Crippen molar-refractivity contribution >= 4 is 22.8 Å². The Morgan fingerprint density at radius 3 is 1.58 bits per heavy atom. The molecule has 0 N–H and O–H groups in total. The van der Waals surface area contributed by atoms with E-state index in [0.29, 0.717) is 0 Å². The zero-order valence-corrected chi connectivity index (χ0v) is 35.1. The number of hydrogen-bond acceptors (Lipinski definition) is 2. The van der Waals surface area contributed by atoms with Gasteiger partial charge in [-0.1, -0.05) is 187 Å². The van der Waals surface area contributed by atoms with Crippen molar-refractivity contribution in [3.63, 3.8) is 0 Å². The lowest BCUT2D eigenvalue weighted by Gasteiger charge is -2.14. The van der Waals surface area contributed by atoms with E-state index in [1.165, 1.54) is 169 Å². The predicted molar refractivity (Wildman–Crippen MR) is 236 cm³/mol. The maximum atomic E-state index is 5.51. The number of para-hydroxylation sites is 1. The number of unbranched alkanes of at least 4 members (excludes halogenated alkanes) is 18. The van der Waals surface area contributed by atoms with Crippen LogP contribution in [-0.4, -0.2) is 11.4 Å². The van der Waals surface area contributed by atoms with Gasteiger partial charge in [-0.2, -0.15) is 0 Å². The van der Waals surface area contributed by atoms with Crippen molar-refractivity contribution in [1.82, 2.24) is 0 Å². The standard InChI is InChI=1S/C50H82N2/c1-6-11-14-16-18-19-20-21-22-23-24-25-26-27-28-30-36-45-37-32-33-39-48(45)52-50(40-31-29-17-15-12-7-2)49(38-13-8-3)51-47-42-41-44(34-9-4)46(43-47)35-10-5/h26-27,32-33,37,39,41-43H,6-25,28-31,34-36,38,40H2,1-5H3. The molecule has 2 nitrogen and oxygen atoms in total. The van der Waals surface area contributed by atoms with Crippen molar-refractivity contribution in [1.29, 1.82) is 0 Å². The maximum absolute atomic E-state index is 5.51. The fraction of sp³-hybridized carbons (Fsp3) is 0.680. The van der Waals surface area contributed by atoms with Crippen LogP contribution >= 0.6 is 0 Å². The molecule has 0 heterocycles. The van der Waals surface area contributed by atoms with Gasteiger partial charge in [0.1, 0.15) is 0 Å². The van der Waals surface area contributed by atoms with Gasteiger partial charge in [0, 0.05) is 0 Å². The van der Waals surface area contributed by atoms with Crippen LogP contribution in [0.2, 0.25) is 0 Å². The van der Waals surface area contributed by atoms with Crippen LogP contribution in [-0.2, 0) is 19.3 Å². The number of aryl methyl sites for hydroxylation is 3. The molecule has 292 valence electrons. The Bertz CT molecular complexity index is 1230. The molecule has 2 heteroatoms. The predicted octanol–water partition coefficient (Wildman–Crippen LogP) is 17.0. The first kappa shape index (κ1) is 45.7. The smallest absolute Gasteiger partial charge is 0.0665 e. The van der Waals surface area contributed by atoms with E-state index in [4.69, 9.17) is 9.98 Å². The molecule has 2 aromatic rings. The van der Waals surface area contributed by atoms with Crippen LogP contribution in [0.5, 0.6) is 0 Å². The first-order valence-corrected chi connectivity index (χ1v) is 22.7. The second-order valence-electron chi connectivity index (χ2n) is 15.5. The van der Waals surface area contributed by atoms with Crippen LogP contribution in [0.4, 0.5) is 11.4 Å². The first-order valence-electron chi connectivity index (χ1n) is 22.7. The van der Waals surface area contributed by atoms with Gasteiger partial charge in [-0.3, -0.25) is 9.98 Å². The molecule has 0 unspecified atom stereocenters. The summed E-state index contributed by atoms with van der Waals surface area (Å²) in [6.07, 6.45) is 41.8. The minimum atomic E-state index is 0.997. The molecule has 0 saturated heterocycles. The van der Waals surface area contributed by atoms with E-state index in [0.717, 1.165) is 56.3 Å². The van der Waals surface area contributed by atoms with Gasteiger partial charge in [0.25, 0.3) is 0 Å². The molecule has 0 radical (unpaired) electrons. The minimum Gasteiger partial charge on any atom is -0.252 e. The van der Waals surface area contributed by atoms with E-state index in [-0.39, 0.29) is 0 Å². The summed E-state index contributed by atoms with van der Waals surface area (Å²) in [5, 5.41) is 0. The lowest BCUT2D eigenvalue weighted by atomic mass is 9.98. The van der Waals surface area contributed by atoms with E-state index >= 15 is 0 Å². The van der Waals surface area contributed by atoms with Gasteiger partial charge < -0.3 is 0 Å². The zero-order valence-electron chi connectivity index (χ0n) is 35.1. The van der Waals surface area contributed by atoms with Crippen LogP contribution < -0.4 is 0 Å². The Balaban J connectivity index is 2.07. The third kappa shape index (κ3) is 21.3. The minimum absolute atomic E-state index is 0.997. The van der Waals surface area contributed by atoms with Gasteiger partial charge >= 0.3 is 0 Å². The molecule has 0 spiro atoms. The molecule has 0 saturated carbocycles. The van der Waals surface area contributed by atoms with Gasteiger partial charge in [-0.25, -0.2) is 0 Å². The van der Waals surface area contributed by atoms with Gasteiger partial charge in [0.2, 0.25) is 0 Å². The molecule has 2 rings (SSSR count). The normalized spacial score (nSPS) is 12.4. The van der Waals surface area contributed by atoms with Crippen LogP contribution in [0.25, 0.3) is 0 Å². The van der Waals surface area contributed by atoms with Crippen molar-refractivity contribution in [2.24, 2.45) is 9.98 Å². The van der Waals surface area contributed by atoms with Crippen molar-refractivity contribution in [2.45, 2.75) is 221 Å². The number of hydrogen-bond donors (Lipinski definition) is 0. The molecule has 0 aromatic heterocycles. The third-order valence-corrected chi connectivity index (χ3v) is 10.6.